The summed E-state index contributed by atoms with van der Waals surface area (Å²) in [5.41, 5.74) is 7.65. The Morgan fingerprint density at radius 1 is 1.43 bits per heavy atom. The number of methoxy groups -OCH3 is 1. The molecule has 112 valence electrons. The molecule has 2 aromatic rings. The summed E-state index contributed by atoms with van der Waals surface area (Å²) in [5, 5.41) is 0.586. The number of ether oxygens (including phenoxy) is 2. The van der Waals surface area contributed by atoms with Crippen LogP contribution in [0, 0.1) is 0 Å². The van der Waals surface area contributed by atoms with Crippen LogP contribution in [0.1, 0.15) is 30.1 Å². The molecule has 6 heteroatoms. The molecule has 0 atom stereocenters. The van der Waals surface area contributed by atoms with E-state index in [2.05, 4.69) is 9.55 Å². The van der Waals surface area contributed by atoms with Gasteiger partial charge in [0.2, 0.25) is 0 Å². The zero-order valence-electron chi connectivity index (χ0n) is 11.9. The monoisotopic (exact) mass is 307 g/mol. The predicted molar refractivity (Wildman–Crippen MR) is 80.7 cm³/mol. The normalized spacial score (nSPS) is 14.2. The highest BCUT2D eigenvalue weighted by atomic mass is 35.5. The first-order valence-corrected chi connectivity index (χ1v) is 7.30. The summed E-state index contributed by atoms with van der Waals surface area (Å²) in [5.74, 6) is 1.24. The summed E-state index contributed by atoms with van der Waals surface area (Å²) in [6, 6.07) is 4.11. The zero-order chi connectivity index (χ0) is 14.8. The van der Waals surface area contributed by atoms with Crippen molar-refractivity contribution in [2.24, 2.45) is 5.73 Å². The van der Waals surface area contributed by atoms with Crippen LogP contribution in [-0.4, -0.2) is 16.7 Å². The molecule has 2 N–H and O–H groups in total. The minimum atomic E-state index is 0.341. The van der Waals surface area contributed by atoms with E-state index < -0.39 is 0 Å². The Balaban J connectivity index is 1.82. The van der Waals surface area contributed by atoms with E-state index in [1.54, 1.807) is 19.2 Å². The largest absolute Gasteiger partial charge is 0.493 e. The van der Waals surface area contributed by atoms with Crippen molar-refractivity contribution in [1.82, 2.24) is 9.55 Å². The first kappa shape index (κ1) is 14.2. The Bertz CT molecular complexity index is 613. The number of halogens is 1. The quantitative estimate of drug-likeness (QED) is 0.891. The number of nitrogens with zero attached hydrogens (tertiary/aromatic N) is 2. The molecule has 1 aromatic carbocycles. The van der Waals surface area contributed by atoms with Gasteiger partial charge in [-0.3, -0.25) is 0 Å². The second-order valence-electron chi connectivity index (χ2n) is 5.11. The van der Waals surface area contributed by atoms with E-state index in [0.29, 0.717) is 35.7 Å². The van der Waals surface area contributed by atoms with Gasteiger partial charge in [-0.15, -0.1) is 0 Å². The number of rotatable bonds is 6. The van der Waals surface area contributed by atoms with Crippen LogP contribution in [0.2, 0.25) is 5.02 Å². The highest BCUT2D eigenvalue weighted by Gasteiger charge is 2.25. The summed E-state index contributed by atoms with van der Waals surface area (Å²) in [6.07, 6.45) is 6.12. The number of benzene rings is 1. The van der Waals surface area contributed by atoms with Gasteiger partial charge < -0.3 is 19.8 Å². The van der Waals surface area contributed by atoms with Gasteiger partial charge in [-0.1, -0.05) is 11.6 Å². The van der Waals surface area contributed by atoms with Crippen molar-refractivity contribution in [1.29, 1.82) is 0 Å². The van der Waals surface area contributed by atoms with Crippen LogP contribution in [0.3, 0.4) is 0 Å². The number of hydrogen-bond donors (Lipinski definition) is 1. The lowest BCUT2D eigenvalue weighted by Gasteiger charge is -2.15. The van der Waals surface area contributed by atoms with Crippen molar-refractivity contribution in [3.63, 3.8) is 0 Å². The molecule has 3 rings (SSSR count). The Morgan fingerprint density at radius 3 is 2.90 bits per heavy atom. The number of aromatic nitrogens is 2. The van der Waals surface area contributed by atoms with Gasteiger partial charge in [-0.25, -0.2) is 4.98 Å². The SMILES string of the molecule is COc1cc(Cl)cc(CN)c1OCc1cncn1C1CC1. The molecule has 1 heterocycles. The van der Waals surface area contributed by atoms with Crippen LogP contribution < -0.4 is 15.2 Å². The van der Waals surface area contributed by atoms with E-state index in [9.17, 15) is 0 Å². The van der Waals surface area contributed by atoms with Crippen molar-refractivity contribution in [2.75, 3.05) is 7.11 Å². The Labute approximate surface area is 128 Å². The third-order valence-electron chi connectivity index (χ3n) is 3.59. The minimum absolute atomic E-state index is 0.341. The third-order valence-corrected chi connectivity index (χ3v) is 3.81. The molecule has 1 saturated carbocycles. The molecule has 1 fully saturated rings. The highest BCUT2D eigenvalue weighted by molar-refractivity contribution is 6.30. The number of hydrogen-bond acceptors (Lipinski definition) is 4. The summed E-state index contributed by atoms with van der Waals surface area (Å²) < 4.78 is 13.5. The number of imidazole rings is 1. The van der Waals surface area contributed by atoms with Gasteiger partial charge in [0, 0.05) is 29.2 Å². The van der Waals surface area contributed by atoms with E-state index in [1.807, 2.05) is 12.5 Å². The fourth-order valence-electron chi connectivity index (χ4n) is 2.36. The molecule has 1 aromatic heterocycles. The highest BCUT2D eigenvalue weighted by Crippen LogP contribution is 2.37. The van der Waals surface area contributed by atoms with Crippen molar-refractivity contribution in [3.8, 4) is 11.5 Å². The van der Waals surface area contributed by atoms with Crippen LogP contribution in [0.5, 0.6) is 11.5 Å². The topological polar surface area (TPSA) is 62.3 Å². The fourth-order valence-corrected chi connectivity index (χ4v) is 2.59. The fraction of sp³-hybridized carbons (Fsp3) is 0.400. The maximum atomic E-state index is 6.05. The molecule has 21 heavy (non-hydrogen) atoms. The van der Waals surface area contributed by atoms with Crippen LogP contribution in [0.4, 0.5) is 0 Å². The van der Waals surface area contributed by atoms with E-state index in [-0.39, 0.29) is 0 Å². The summed E-state index contributed by atoms with van der Waals surface area (Å²) in [7, 11) is 1.59. The molecule has 0 saturated heterocycles. The second kappa shape index (κ2) is 5.95. The maximum absolute atomic E-state index is 6.05. The lowest BCUT2D eigenvalue weighted by molar-refractivity contribution is 0.273. The molecule has 0 aliphatic heterocycles. The smallest absolute Gasteiger partial charge is 0.166 e. The van der Waals surface area contributed by atoms with Gasteiger partial charge in [0.1, 0.15) is 6.61 Å². The molecule has 1 aliphatic carbocycles. The first-order valence-electron chi connectivity index (χ1n) is 6.93. The van der Waals surface area contributed by atoms with Gasteiger partial charge in [0.15, 0.2) is 11.5 Å². The van der Waals surface area contributed by atoms with Crippen LogP contribution >= 0.6 is 11.6 Å². The van der Waals surface area contributed by atoms with E-state index >= 15 is 0 Å². The maximum Gasteiger partial charge on any atom is 0.166 e. The predicted octanol–water partition coefficient (Wildman–Crippen LogP) is 2.92. The molecule has 0 unspecified atom stereocenters. The van der Waals surface area contributed by atoms with E-state index in [1.165, 1.54) is 12.8 Å². The van der Waals surface area contributed by atoms with Crippen molar-refractivity contribution < 1.29 is 9.47 Å². The molecule has 0 spiro atoms. The molecule has 1 aliphatic rings. The van der Waals surface area contributed by atoms with E-state index in [0.717, 1.165) is 11.3 Å². The van der Waals surface area contributed by atoms with Gasteiger partial charge in [-0.05, 0) is 18.9 Å². The number of nitrogens with two attached hydrogens (primary N) is 1. The molecule has 0 bridgehead atoms. The summed E-state index contributed by atoms with van der Waals surface area (Å²) in [4.78, 5) is 4.20. The molecule has 0 amide bonds. The van der Waals surface area contributed by atoms with Gasteiger partial charge in [-0.2, -0.15) is 0 Å². The van der Waals surface area contributed by atoms with Crippen LogP contribution in [0.15, 0.2) is 24.7 Å². The van der Waals surface area contributed by atoms with Gasteiger partial charge in [0.05, 0.1) is 25.3 Å². The Morgan fingerprint density at radius 2 is 2.24 bits per heavy atom. The summed E-state index contributed by atoms with van der Waals surface area (Å²) in [6.45, 7) is 0.773. The van der Waals surface area contributed by atoms with Crippen molar-refractivity contribution >= 4 is 11.6 Å². The molecule has 5 nitrogen and oxygen atoms in total. The Kier molecular flexibility index (Phi) is 4.03. The minimum Gasteiger partial charge on any atom is -0.493 e. The Hall–Kier alpha value is -1.72. The lowest BCUT2D eigenvalue weighted by Crippen LogP contribution is -2.07. The van der Waals surface area contributed by atoms with Crippen LogP contribution in [0.25, 0.3) is 0 Å². The van der Waals surface area contributed by atoms with Crippen molar-refractivity contribution in [3.05, 3.63) is 40.9 Å². The van der Waals surface area contributed by atoms with Crippen LogP contribution in [-0.2, 0) is 13.2 Å². The first-order chi connectivity index (χ1) is 10.2. The average Bonchev–Trinajstić information content (AvgIpc) is 3.23. The van der Waals surface area contributed by atoms with Gasteiger partial charge in [0.25, 0.3) is 0 Å². The van der Waals surface area contributed by atoms with Gasteiger partial charge >= 0.3 is 0 Å². The molecular weight excluding hydrogens is 290 g/mol. The van der Waals surface area contributed by atoms with Crippen molar-refractivity contribution in [2.45, 2.75) is 32.0 Å². The second-order valence-corrected chi connectivity index (χ2v) is 5.55. The molecular formula is C15H18ClN3O2. The zero-order valence-corrected chi connectivity index (χ0v) is 12.6. The third kappa shape index (κ3) is 2.99. The summed E-state index contributed by atoms with van der Waals surface area (Å²) >= 11 is 6.05. The average molecular weight is 308 g/mol. The lowest BCUT2D eigenvalue weighted by atomic mass is 10.2. The molecule has 0 radical (unpaired) electrons. The van der Waals surface area contributed by atoms with E-state index in [4.69, 9.17) is 26.8 Å². The standard InChI is InChI=1S/C15H18ClN3O2/c1-20-14-5-11(16)4-10(6-17)15(14)21-8-13-7-18-9-19(13)12-2-3-12/h4-5,7,9,12H,2-3,6,8,17H2,1H3.